The van der Waals surface area contributed by atoms with E-state index in [9.17, 15) is 0 Å². The van der Waals surface area contributed by atoms with Gasteiger partial charge >= 0.3 is 0 Å². The van der Waals surface area contributed by atoms with Crippen molar-refractivity contribution in [2.45, 2.75) is 19.9 Å². The molecular formula is C11H17N7. The van der Waals surface area contributed by atoms with Crippen molar-refractivity contribution < 1.29 is 0 Å². The van der Waals surface area contributed by atoms with Gasteiger partial charge in [0.2, 0.25) is 11.9 Å². The first-order chi connectivity index (χ1) is 8.61. The molecule has 2 rings (SSSR count). The second-order valence-electron chi connectivity index (χ2n) is 4.16. The van der Waals surface area contributed by atoms with Crippen LogP contribution in [0.3, 0.4) is 0 Å². The van der Waals surface area contributed by atoms with Crippen molar-refractivity contribution in [3.05, 3.63) is 18.5 Å². The number of nitrogens with one attached hydrogen (secondary N) is 1. The van der Waals surface area contributed by atoms with Crippen molar-refractivity contribution in [2.75, 3.05) is 24.3 Å². The first-order valence-electron chi connectivity index (χ1n) is 5.78. The number of hydrogen-bond acceptors (Lipinski definition) is 6. The Balaban J connectivity index is 2.45. The topological polar surface area (TPSA) is 71.8 Å². The fourth-order valence-corrected chi connectivity index (χ4v) is 1.34. The van der Waals surface area contributed by atoms with Crippen LogP contribution in [-0.2, 0) is 0 Å². The highest BCUT2D eigenvalue weighted by Crippen LogP contribution is 2.13. The molecule has 0 atom stereocenters. The van der Waals surface area contributed by atoms with E-state index in [4.69, 9.17) is 0 Å². The molecule has 0 aliphatic carbocycles. The van der Waals surface area contributed by atoms with Gasteiger partial charge in [0.25, 0.3) is 5.95 Å². The fraction of sp³-hybridized carbons (Fsp3) is 0.455. The largest absolute Gasteiger partial charge is 0.357 e. The van der Waals surface area contributed by atoms with Gasteiger partial charge in [0.1, 0.15) is 0 Å². The van der Waals surface area contributed by atoms with Gasteiger partial charge in [-0.25, -0.2) is 4.68 Å². The zero-order valence-electron chi connectivity index (χ0n) is 11.0. The molecule has 0 aliphatic heterocycles. The first-order valence-corrected chi connectivity index (χ1v) is 5.78. The van der Waals surface area contributed by atoms with Gasteiger partial charge in [-0.05, 0) is 19.9 Å². The molecule has 7 nitrogen and oxygen atoms in total. The summed E-state index contributed by atoms with van der Waals surface area (Å²) in [7, 11) is 3.73. The Bertz CT molecular complexity index is 506. The van der Waals surface area contributed by atoms with Crippen molar-refractivity contribution in [3.8, 4) is 5.95 Å². The van der Waals surface area contributed by atoms with Crippen LogP contribution in [0.4, 0.5) is 11.9 Å². The Labute approximate surface area is 106 Å². The predicted octanol–water partition coefficient (Wildman–Crippen LogP) is 0.944. The van der Waals surface area contributed by atoms with Gasteiger partial charge in [0.15, 0.2) is 0 Å². The van der Waals surface area contributed by atoms with Crippen LogP contribution in [0.15, 0.2) is 18.5 Å². The smallest absolute Gasteiger partial charge is 0.257 e. The Morgan fingerprint density at radius 3 is 2.61 bits per heavy atom. The minimum atomic E-state index is 0.308. The summed E-state index contributed by atoms with van der Waals surface area (Å²) in [6.45, 7) is 4.16. The van der Waals surface area contributed by atoms with Crippen LogP contribution >= 0.6 is 0 Å². The monoisotopic (exact) mass is 247 g/mol. The third kappa shape index (κ3) is 2.39. The molecule has 18 heavy (non-hydrogen) atoms. The van der Waals surface area contributed by atoms with E-state index < -0.39 is 0 Å². The van der Waals surface area contributed by atoms with E-state index >= 15 is 0 Å². The number of nitrogens with zero attached hydrogens (tertiary/aromatic N) is 6. The van der Waals surface area contributed by atoms with Gasteiger partial charge in [-0.3, -0.25) is 0 Å². The molecule has 0 saturated carbocycles. The van der Waals surface area contributed by atoms with Gasteiger partial charge < -0.3 is 10.2 Å². The second-order valence-corrected chi connectivity index (χ2v) is 4.16. The average Bonchev–Trinajstić information content (AvgIpc) is 2.91. The molecular weight excluding hydrogens is 230 g/mol. The van der Waals surface area contributed by atoms with Crippen molar-refractivity contribution >= 4 is 11.9 Å². The molecule has 2 aromatic heterocycles. The maximum atomic E-state index is 4.41. The SMILES string of the molecule is CNc1nc(N(C)C(C)C)nc(-n2cccn2)n1. The molecule has 0 bridgehead atoms. The molecule has 96 valence electrons. The van der Waals surface area contributed by atoms with E-state index in [-0.39, 0.29) is 0 Å². The van der Waals surface area contributed by atoms with Crippen LogP contribution in [-0.4, -0.2) is 44.9 Å². The molecule has 2 aromatic rings. The number of rotatable bonds is 4. The van der Waals surface area contributed by atoms with Crippen molar-refractivity contribution in [3.63, 3.8) is 0 Å². The lowest BCUT2D eigenvalue weighted by molar-refractivity contribution is 0.712. The normalized spacial score (nSPS) is 10.7. The second kappa shape index (κ2) is 4.99. The third-order valence-corrected chi connectivity index (χ3v) is 2.63. The van der Waals surface area contributed by atoms with E-state index in [1.807, 2.05) is 18.0 Å². The minimum Gasteiger partial charge on any atom is -0.357 e. The zero-order valence-corrected chi connectivity index (χ0v) is 11.0. The molecule has 0 radical (unpaired) electrons. The van der Waals surface area contributed by atoms with Crippen molar-refractivity contribution in [1.29, 1.82) is 0 Å². The Morgan fingerprint density at radius 2 is 2.06 bits per heavy atom. The van der Waals surface area contributed by atoms with Gasteiger partial charge in [-0.2, -0.15) is 20.1 Å². The summed E-state index contributed by atoms with van der Waals surface area (Å²) in [4.78, 5) is 15.0. The van der Waals surface area contributed by atoms with Gasteiger partial charge in [0.05, 0.1) is 0 Å². The number of anilines is 2. The van der Waals surface area contributed by atoms with Crippen LogP contribution in [0.5, 0.6) is 0 Å². The maximum absolute atomic E-state index is 4.41. The summed E-state index contributed by atoms with van der Waals surface area (Å²) in [6.07, 6.45) is 3.49. The Kier molecular flexibility index (Phi) is 3.40. The molecule has 1 N–H and O–H groups in total. The molecule has 0 aromatic carbocycles. The molecule has 0 fully saturated rings. The molecule has 7 heteroatoms. The van der Waals surface area contributed by atoms with E-state index in [0.29, 0.717) is 23.9 Å². The van der Waals surface area contributed by atoms with E-state index in [1.165, 1.54) is 0 Å². The number of aromatic nitrogens is 5. The first kappa shape index (κ1) is 12.3. The van der Waals surface area contributed by atoms with Crippen LogP contribution in [0.25, 0.3) is 5.95 Å². The summed E-state index contributed by atoms with van der Waals surface area (Å²) in [5.41, 5.74) is 0. The van der Waals surface area contributed by atoms with Crippen LogP contribution < -0.4 is 10.2 Å². The molecule has 0 unspecified atom stereocenters. The lowest BCUT2D eigenvalue weighted by atomic mass is 10.4. The van der Waals surface area contributed by atoms with Crippen LogP contribution in [0, 0.1) is 0 Å². The summed E-state index contributed by atoms with van der Waals surface area (Å²) in [6, 6.07) is 2.14. The van der Waals surface area contributed by atoms with E-state index in [2.05, 4.69) is 39.2 Å². The Hall–Kier alpha value is -2.18. The third-order valence-electron chi connectivity index (χ3n) is 2.63. The Morgan fingerprint density at radius 1 is 1.28 bits per heavy atom. The van der Waals surface area contributed by atoms with Crippen LogP contribution in [0.1, 0.15) is 13.8 Å². The van der Waals surface area contributed by atoms with Gasteiger partial charge in [0, 0.05) is 32.5 Å². The quantitative estimate of drug-likeness (QED) is 0.867. The highest BCUT2D eigenvalue weighted by Gasteiger charge is 2.13. The average molecular weight is 247 g/mol. The van der Waals surface area contributed by atoms with Gasteiger partial charge in [-0.15, -0.1) is 0 Å². The molecule has 2 heterocycles. The zero-order chi connectivity index (χ0) is 13.1. The van der Waals surface area contributed by atoms with E-state index in [1.54, 1.807) is 24.1 Å². The van der Waals surface area contributed by atoms with Gasteiger partial charge in [-0.1, -0.05) is 0 Å². The molecule has 0 amide bonds. The standard InChI is InChI=1S/C11H17N7/c1-8(2)17(4)10-14-9(12-3)15-11(16-10)18-7-5-6-13-18/h5-8H,1-4H3,(H,12,14,15,16). The summed E-state index contributed by atoms with van der Waals surface area (Å²) >= 11 is 0. The van der Waals surface area contributed by atoms with E-state index in [0.717, 1.165) is 0 Å². The molecule has 0 spiro atoms. The predicted molar refractivity (Wildman–Crippen MR) is 70.0 cm³/mol. The molecule has 0 saturated heterocycles. The summed E-state index contributed by atoms with van der Waals surface area (Å²) in [5.74, 6) is 1.65. The summed E-state index contributed by atoms with van der Waals surface area (Å²) in [5, 5.41) is 7.06. The lowest BCUT2D eigenvalue weighted by Crippen LogP contribution is -2.28. The minimum absolute atomic E-state index is 0.308. The maximum Gasteiger partial charge on any atom is 0.257 e. The lowest BCUT2D eigenvalue weighted by Gasteiger charge is -2.21. The van der Waals surface area contributed by atoms with Crippen LogP contribution in [0.2, 0.25) is 0 Å². The summed E-state index contributed by atoms with van der Waals surface area (Å²) < 4.78 is 1.61. The van der Waals surface area contributed by atoms with Crippen molar-refractivity contribution in [2.24, 2.45) is 0 Å². The fourth-order valence-electron chi connectivity index (χ4n) is 1.34. The van der Waals surface area contributed by atoms with Crippen molar-refractivity contribution in [1.82, 2.24) is 24.7 Å². The highest BCUT2D eigenvalue weighted by atomic mass is 15.4. The number of hydrogen-bond donors (Lipinski definition) is 1. The molecule has 0 aliphatic rings. The highest BCUT2D eigenvalue weighted by molar-refractivity contribution is 5.39.